The van der Waals surface area contributed by atoms with Gasteiger partial charge in [-0.05, 0) is 25.6 Å². The summed E-state index contributed by atoms with van der Waals surface area (Å²) in [4.78, 5) is 25.0. The Balaban J connectivity index is 2.44. The van der Waals surface area contributed by atoms with E-state index in [9.17, 15) is 9.59 Å². The molecule has 0 spiro atoms. The van der Waals surface area contributed by atoms with E-state index < -0.39 is 6.04 Å². The first-order valence-corrected chi connectivity index (χ1v) is 6.44. The van der Waals surface area contributed by atoms with Gasteiger partial charge in [0.1, 0.15) is 6.04 Å². The molecule has 5 nitrogen and oxygen atoms in total. The molecule has 6 heteroatoms. The maximum absolute atomic E-state index is 11.7. The fraction of sp³-hybridized carbons (Fsp3) is 0.385. The van der Waals surface area contributed by atoms with Crippen molar-refractivity contribution in [3.8, 4) is 0 Å². The molecule has 0 saturated carbocycles. The van der Waals surface area contributed by atoms with Crippen LogP contribution in [-0.4, -0.2) is 31.4 Å². The molecular weight excluding hydrogens is 266 g/mol. The molecule has 2 amide bonds. The van der Waals surface area contributed by atoms with Gasteiger partial charge in [-0.1, -0.05) is 23.7 Å². The monoisotopic (exact) mass is 281 g/mol. The SMILES string of the molecule is CNCc1cccc(Cl)c1N1CC(=O)NC(=O)C1C. The van der Waals surface area contributed by atoms with Crippen molar-refractivity contribution in [2.45, 2.75) is 19.5 Å². The number of carbonyl (C=O) groups excluding carboxylic acids is 2. The van der Waals surface area contributed by atoms with Crippen LogP contribution in [0, 0.1) is 0 Å². The van der Waals surface area contributed by atoms with Crippen molar-refractivity contribution in [3.63, 3.8) is 0 Å². The molecule has 19 heavy (non-hydrogen) atoms. The molecule has 0 bridgehead atoms. The van der Waals surface area contributed by atoms with Crippen molar-refractivity contribution < 1.29 is 9.59 Å². The Kier molecular flexibility index (Phi) is 4.07. The fourth-order valence-corrected chi connectivity index (χ4v) is 2.50. The Labute approximate surface area is 116 Å². The summed E-state index contributed by atoms with van der Waals surface area (Å²) >= 11 is 6.25. The van der Waals surface area contributed by atoms with Crippen LogP contribution in [-0.2, 0) is 16.1 Å². The quantitative estimate of drug-likeness (QED) is 0.809. The number of nitrogens with zero attached hydrogens (tertiary/aromatic N) is 1. The van der Waals surface area contributed by atoms with Crippen LogP contribution < -0.4 is 15.5 Å². The van der Waals surface area contributed by atoms with Gasteiger partial charge in [-0.25, -0.2) is 0 Å². The molecule has 0 aromatic heterocycles. The Morgan fingerprint density at radius 1 is 1.47 bits per heavy atom. The summed E-state index contributed by atoms with van der Waals surface area (Å²) in [5.74, 6) is -0.606. The van der Waals surface area contributed by atoms with Crippen LogP contribution in [0.2, 0.25) is 5.02 Å². The molecule has 1 aromatic rings. The third kappa shape index (κ3) is 2.72. The highest BCUT2D eigenvalue weighted by molar-refractivity contribution is 6.33. The minimum Gasteiger partial charge on any atom is -0.349 e. The smallest absolute Gasteiger partial charge is 0.249 e. The maximum Gasteiger partial charge on any atom is 0.249 e. The molecule has 102 valence electrons. The third-order valence-corrected chi connectivity index (χ3v) is 3.45. The van der Waals surface area contributed by atoms with E-state index >= 15 is 0 Å². The average molecular weight is 282 g/mol. The largest absolute Gasteiger partial charge is 0.349 e. The van der Waals surface area contributed by atoms with Gasteiger partial charge in [0.2, 0.25) is 11.8 Å². The van der Waals surface area contributed by atoms with Gasteiger partial charge in [0.15, 0.2) is 0 Å². The molecule has 1 aromatic carbocycles. The van der Waals surface area contributed by atoms with E-state index in [2.05, 4.69) is 10.6 Å². The van der Waals surface area contributed by atoms with Gasteiger partial charge in [0, 0.05) is 6.54 Å². The first-order chi connectivity index (χ1) is 9.04. The van der Waals surface area contributed by atoms with Gasteiger partial charge in [-0.3, -0.25) is 14.9 Å². The van der Waals surface area contributed by atoms with Crippen LogP contribution in [0.3, 0.4) is 0 Å². The van der Waals surface area contributed by atoms with E-state index in [4.69, 9.17) is 11.6 Å². The molecule has 0 aliphatic carbocycles. The van der Waals surface area contributed by atoms with Gasteiger partial charge in [-0.15, -0.1) is 0 Å². The molecule has 1 atom stereocenters. The summed E-state index contributed by atoms with van der Waals surface area (Å²) in [6.07, 6.45) is 0. The number of nitrogens with one attached hydrogen (secondary N) is 2. The molecule has 1 fully saturated rings. The molecule has 2 N–H and O–H groups in total. The fourth-order valence-electron chi connectivity index (χ4n) is 2.20. The van der Waals surface area contributed by atoms with Gasteiger partial charge < -0.3 is 10.2 Å². The summed E-state index contributed by atoms with van der Waals surface area (Å²) < 4.78 is 0. The number of imide groups is 1. The molecule has 1 aliphatic heterocycles. The average Bonchev–Trinajstić information content (AvgIpc) is 2.35. The van der Waals surface area contributed by atoms with Crippen LogP contribution >= 0.6 is 11.6 Å². The van der Waals surface area contributed by atoms with E-state index in [1.807, 2.05) is 19.2 Å². The van der Waals surface area contributed by atoms with Gasteiger partial charge >= 0.3 is 0 Å². The van der Waals surface area contributed by atoms with Crippen molar-refractivity contribution in [1.29, 1.82) is 0 Å². The highest BCUT2D eigenvalue weighted by Gasteiger charge is 2.32. The Hall–Kier alpha value is -1.59. The lowest BCUT2D eigenvalue weighted by molar-refractivity contribution is -0.132. The highest BCUT2D eigenvalue weighted by Crippen LogP contribution is 2.32. The van der Waals surface area contributed by atoms with Crippen LogP contribution in [0.1, 0.15) is 12.5 Å². The third-order valence-electron chi connectivity index (χ3n) is 3.15. The second-order valence-electron chi connectivity index (χ2n) is 4.49. The van der Waals surface area contributed by atoms with E-state index in [-0.39, 0.29) is 18.4 Å². The van der Waals surface area contributed by atoms with E-state index in [1.54, 1.807) is 17.9 Å². The first kappa shape index (κ1) is 13.8. The Bertz CT molecular complexity index is 519. The predicted molar refractivity (Wildman–Crippen MR) is 74.2 cm³/mol. The summed E-state index contributed by atoms with van der Waals surface area (Å²) in [5.41, 5.74) is 1.71. The number of anilines is 1. The Morgan fingerprint density at radius 3 is 2.89 bits per heavy atom. The highest BCUT2D eigenvalue weighted by atomic mass is 35.5. The topological polar surface area (TPSA) is 61.4 Å². The summed E-state index contributed by atoms with van der Waals surface area (Å²) in [6, 6.07) is 5.13. The summed E-state index contributed by atoms with van der Waals surface area (Å²) in [7, 11) is 1.84. The van der Waals surface area contributed by atoms with Crippen molar-refractivity contribution in [1.82, 2.24) is 10.6 Å². The zero-order valence-corrected chi connectivity index (χ0v) is 11.6. The Morgan fingerprint density at radius 2 is 2.21 bits per heavy atom. The van der Waals surface area contributed by atoms with Gasteiger partial charge in [-0.2, -0.15) is 0 Å². The zero-order chi connectivity index (χ0) is 14.0. The number of halogens is 1. The first-order valence-electron chi connectivity index (χ1n) is 6.07. The number of carbonyl (C=O) groups is 2. The van der Waals surface area contributed by atoms with Crippen LogP contribution in [0.25, 0.3) is 0 Å². The van der Waals surface area contributed by atoms with Gasteiger partial charge in [0.25, 0.3) is 0 Å². The lowest BCUT2D eigenvalue weighted by Gasteiger charge is -2.35. The second kappa shape index (κ2) is 5.59. The zero-order valence-electron chi connectivity index (χ0n) is 10.9. The number of rotatable bonds is 3. The lowest BCUT2D eigenvalue weighted by atomic mass is 10.1. The summed E-state index contributed by atoms with van der Waals surface area (Å²) in [6.45, 7) is 2.51. The van der Waals surface area contributed by atoms with Crippen molar-refractivity contribution >= 4 is 29.1 Å². The van der Waals surface area contributed by atoms with E-state index in [0.29, 0.717) is 11.6 Å². The standard InChI is InChI=1S/C13H16ClN3O2/c1-8-13(19)16-11(18)7-17(8)12-9(6-15-2)4-3-5-10(12)14/h3-5,8,15H,6-7H2,1-2H3,(H,16,18,19). The molecule has 0 radical (unpaired) electrons. The maximum atomic E-state index is 11.7. The molecule has 1 heterocycles. The molecule has 1 aliphatic rings. The van der Waals surface area contributed by atoms with E-state index in [0.717, 1.165) is 11.3 Å². The number of para-hydroxylation sites is 1. The van der Waals surface area contributed by atoms with Crippen molar-refractivity contribution in [2.75, 3.05) is 18.5 Å². The number of hydrogen-bond donors (Lipinski definition) is 2. The minimum atomic E-state index is -0.423. The normalized spacial score (nSPS) is 19.5. The van der Waals surface area contributed by atoms with Crippen molar-refractivity contribution in [3.05, 3.63) is 28.8 Å². The number of piperazine rings is 1. The summed E-state index contributed by atoms with van der Waals surface area (Å²) in [5, 5.41) is 5.92. The van der Waals surface area contributed by atoms with Crippen LogP contribution in [0.4, 0.5) is 5.69 Å². The molecule has 1 saturated heterocycles. The second-order valence-corrected chi connectivity index (χ2v) is 4.90. The lowest BCUT2D eigenvalue weighted by Crippen LogP contribution is -2.57. The van der Waals surface area contributed by atoms with Crippen molar-refractivity contribution in [2.24, 2.45) is 0 Å². The number of hydrogen-bond acceptors (Lipinski definition) is 4. The van der Waals surface area contributed by atoms with Crippen LogP contribution in [0.15, 0.2) is 18.2 Å². The van der Waals surface area contributed by atoms with Crippen LogP contribution in [0.5, 0.6) is 0 Å². The number of amides is 2. The molecule has 2 rings (SSSR count). The molecular formula is C13H16ClN3O2. The molecule has 1 unspecified atom stereocenters. The predicted octanol–water partition coefficient (Wildman–Crippen LogP) is 0.911. The number of benzene rings is 1. The minimum absolute atomic E-state index is 0.132. The van der Waals surface area contributed by atoms with Gasteiger partial charge in [0.05, 0.1) is 17.3 Å². The van der Waals surface area contributed by atoms with E-state index in [1.165, 1.54) is 0 Å².